The summed E-state index contributed by atoms with van der Waals surface area (Å²) in [5.41, 5.74) is 2.04. The number of aromatic nitrogens is 1. The minimum absolute atomic E-state index is 0.199. The largest absolute Gasteiger partial charge is 0.344 e. The zero-order chi connectivity index (χ0) is 23.1. The highest BCUT2D eigenvalue weighted by atomic mass is 19.1. The van der Waals surface area contributed by atoms with Crippen molar-refractivity contribution >= 4 is 23.3 Å². The molecule has 0 radical (unpaired) electrons. The van der Waals surface area contributed by atoms with E-state index in [1.807, 2.05) is 6.92 Å². The van der Waals surface area contributed by atoms with Crippen LogP contribution < -0.4 is 10.6 Å². The lowest BCUT2D eigenvalue weighted by Crippen LogP contribution is -2.47. The van der Waals surface area contributed by atoms with Crippen molar-refractivity contribution in [3.63, 3.8) is 0 Å². The zero-order valence-electron chi connectivity index (χ0n) is 19.0. The number of aryl methyl sites for hydroxylation is 1. The monoisotopic (exact) mass is 427 g/mol. The molecule has 1 heterocycles. The molecule has 0 aliphatic heterocycles. The normalized spacial score (nSPS) is 20.5. The lowest BCUT2D eigenvalue weighted by atomic mass is 9.98. The number of amides is 2. The van der Waals surface area contributed by atoms with E-state index in [0.717, 1.165) is 19.3 Å². The van der Waals surface area contributed by atoms with Crippen LogP contribution in [0.25, 0.3) is 0 Å². The van der Waals surface area contributed by atoms with Crippen LogP contribution in [0.4, 0.5) is 10.1 Å². The van der Waals surface area contributed by atoms with E-state index in [2.05, 4.69) is 17.6 Å². The molecule has 0 saturated heterocycles. The molecule has 1 saturated carbocycles. The molecule has 166 valence electrons. The van der Waals surface area contributed by atoms with Gasteiger partial charge < -0.3 is 15.2 Å². The van der Waals surface area contributed by atoms with Crippen molar-refractivity contribution < 1.29 is 18.8 Å². The maximum absolute atomic E-state index is 13.5. The van der Waals surface area contributed by atoms with Crippen LogP contribution in [-0.4, -0.2) is 27.7 Å². The molecule has 0 bridgehead atoms. The van der Waals surface area contributed by atoms with Gasteiger partial charge in [-0.2, -0.15) is 0 Å². The van der Waals surface area contributed by atoms with Crippen molar-refractivity contribution in [1.29, 1.82) is 0 Å². The number of hydrogen-bond acceptors (Lipinski definition) is 3. The van der Waals surface area contributed by atoms with Crippen LogP contribution in [0.2, 0.25) is 0 Å². The number of anilines is 1. The third-order valence-electron chi connectivity index (χ3n) is 6.40. The van der Waals surface area contributed by atoms with Gasteiger partial charge in [-0.3, -0.25) is 14.4 Å². The van der Waals surface area contributed by atoms with E-state index in [1.165, 1.54) is 12.1 Å². The summed E-state index contributed by atoms with van der Waals surface area (Å²) in [5.74, 6) is -1.56. The molecule has 0 spiro atoms. The highest BCUT2D eigenvalue weighted by molar-refractivity contribution is 6.43. The van der Waals surface area contributed by atoms with Crippen molar-refractivity contribution in [2.45, 2.75) is 59.4 Å². The van der Waals surface area contributed by atoms with Crippen LogP contribution in [0.15, 0.2) is 18.2 Å². The molecule has 1 aromatic heterocycles. The van der Waals surface area contributed by atoms with Gasteiger partial charge in [0.1, 0.15) is 5.82 Å². The Morgan fingerprint density at radius 3 is 2.45 bits per heavy atom. The summed E-state index contributed by atoms with van der Waals surface area (Å²) in [7, 11) is 1.67. The van der Waals surface area contributed by atoms with Crippen LogP contribution in [-0.2, 0) is 11.8 Å². The predicted octanol–water partition coefficient (Wildman–Crippen LogP) is 4.22. The summed E-state index contributed by atoms with van der Waals surface area (Å²) in [6.07, 6.45) is 2.69. The standard InChI is InChI=1S/C24H30FN3O3/c1-13-9-10-24(5,12-13)27-23(31)21(29)20-15(3)19(16(4)28(20)6)22(30)26-17-7-8-18(25)14(2)11-17/h7-8,11,13H,9-10,12H2,1-6H3,(H,26,30)(H,27,31)/t13-,24-/m0/s1. The third-order valence-corrected chi connectivity index (χ3v) is 6.40. The molecule has 3 rings (SSSR count). The molecule has 2 amide bonds. The molecule has 6 nitrogen and oxygen atoms in total. The third kappa shape index (κ3) is 4.40. The Labute approximate surface area is 182 Å². The Kier molecular flexibility index (Phi) is 6.07. The molecule has 7 heteroatoms. The van der Waals surface area contributed by atoms with Gasteiger partial charge >= 0.3 is 0 Å². The second-order valence-corrected chi connectivity index (χ2v) is 9.10. The van der Waals surface area contributed by atoms with Gasteiger partial charge in [-0.1, -0.05) is 6.92 Å². The van der Waals surface area contributed by atoms with Crippen LogP contribution >= 0.6 is 0 Å². The summed E-state index contributed by atoms with van der Waals surface area (Å²) < 4.78 is 15.1. The smallest absolute Gasteiger partial charge is 0.294 e. The van der Waals surface area contributed by atoms with Crippen molar-refractivity contribution in [1.82, 2.24) is 9.88 Å². The Bertz CT molecular complexity index is 1070. The van der Waals surface area contributed by atoms with Gasteiger partial charge in [-0.15, -0.1) is 0 Å². The maximum atomic E-state index is 13.5. The first-order valence-corrected chi connectivity index (χ1v) is 10.5. The molecule has 1 aromatic carbocycles. The van der Waals surface area contributed by atoms with E-state index >= 15 is 0 Å². The number of carbonyl (C=O) groups excluding carboxylic acids is 3. The quantitative estimate of drug-likeness (QED) is 0.554. The average Bonchev–Trinajstić information content (AvgIpc) is 3.13. The number of hydrogen-bond donors (Lipinski definition) is 2. The van der Waals surface area contributed by atoms with Gasteiger partial charge in [0.25, 0.3) is 17.6 Å². The summed E-state index contributed by atoms with van der Waals surface area (Å²) >= 11 is 0. The van der Waals surface area contributed by atoms with Gasteiger partial charge in [0.2, 0.25) is 0 Å². The van der Waals surface area contributed by atoms with E-state index in [0.29, 0.717) is 34.0 Å². The number of carbonyl (C=O) groups is 3. The number of nitrogens with one attached hydrogen (secondary N) is 2. The first-order chi connectivity index (χ1) is 14.4. The fourth-order valence-corrected chi connectivity index (χ4v) is 4.64. The van der Waals surface area contributed by atoms with E-state index in [-0.39, 0.29) is 17.1 Å². The molecular weight excluding hydrogens is 397 g/mol. The van der Waals surface area contributed by atoms with E-state index < -0.39 is 17.6 Å². The fourth-order valence-electron chi connectivity index (χ4n) is 4.64. The number of halogens is 1. The summed E-state index contributed by atoms with van der Waals surface area (Å²) in [6.45, 7) is 9.11. The Hall–Kier alpha value is -2.96. The number of ketones is 1. The van der Waals surface area contributed by atoms with Crippen LogP contribution in [0.5, 0.6) is 0 Å². The molecule has 2 N–H and O–H groups in total. The predicted molar refractivity (Wildman–Crippen MR) is 118 cm³/mol. The lowest BCUT2D eigenvalue weighted by Gasteiger charge is -2.25. The summed E-state index contributed by atoms with van der Waals surface area (Å²) in [4.78, 5) is 38.7. The highest BCUT2D eigenvalue weighted by Crippen LogP contribution is 2.34. The molecule has 1 fully saturated rings. The Morgan fingerprint density at radius 1 is 1.19 bits per heavy atom. The summed E-state index contributed by atoms with van der Waals surface area (Å²) in [6, 6.07) is 4.32. The van der Waals surface area contributed by atoms with Crippen LogP contribution in [0.3, 0.4) is 0 Å². The molecule has 1 aliphatic rings. The van der Waals surface area contributed by atoms with Gasteiger partial charge in [0, 0.05) is 24.0 Å². The van der Waals surface area contributed by atoms with Gasteiger partial charge in [0.15, 0.2) is 0 Å². The average molecular weight is 428 g/mol. The molecule has 1 aliphatic carbocycles. The molecule has 31 heavy (non-hydrogen) atoms. The zero-order valence-corrected chi connectivity index (χ0v) is 19.0. The number of nitrogens with zero attached hydrogens (tertiary/aromatic N) is 1. The molecular formula is C24H30FN3O3. The van der Waals surface area contributed by atoms with Crippen LogP contribution in [0.1, 0.15) is 70.8 Å². The van der Waals surface area contributed by atoms with E-state index in [4.69, 9.17) is 0 Å². The van der Waals surface area contributed by atoms with Gasteiger partial charge in [0.05, 0.1) is 11.3 Å². The molecule has 2 aromatic rings. The minimum atomic E-state index is -0.652. The van der Waals surface area contributed by atoms with Crippen LogP contribution in [0, 0.1) is 32.5 Å². The minimum Gasteiger partial charge on any atom is -0.344 e. The van der Waals surface area contributed by atoms with E-state index in [9.17, 15) is 18.8 Å². The second kappa shape index (κ2) is 8.29. The molecule has 0 unspecified atom stereocenters. The topological polar surface area (TPSA) is 80.2 Å². The lowest BCUT2D eigenvalue weighted by molar-refractivity contribution is -0.118. The number of rotatable bonds is 5. The van der Waals surface area contributed by atoms with Crippen molar-refractivity contribution in [3.05, 3.63) is 52.1 Å². The first-order valence-electron chi connectivity index (χ1n) is 10.5. The van der Waals surface area contributed by atoms with Crippen molar-refractivity contribution in [2.24, 2.45) is 13.0 Å². The van der Waals surface area contributed by atoms with Gasteiger partial charge in [-0.25, -0.2) is 4.39 Å². The van der Waals surface area contributed by atoms with Gasteiger partial charge in [-0.05, 0) is 82.2 Å². The Morgan fingerprint density at radius 2 is 1.87 bits per heavy atom. The van der Waals surface area contributed by atoms with Crippen molar-refractivity contribution in [3.8, 4) is 0 Å². The summed E-state index contributed by atoms with van der Waals surface area (Å²) in [5, 5.41) is 5.67. The first kappa shape index (κ1) is 22.7. The molecule has 2 atom stereocenters. The SMILES string of the molecule is Cc1cc(NC(=O)c2c(C)c(C(=O)C(=O)N[C@@]3(C)CC[C@H](C)C3)n(C)c2C)ccc1F. The number of benzene rings is 1. The highest BCUT2D eigenvalue weighted by Gasteiger charge is 2.37. The number of Topliss-reactive ketones (excluding diaryl/α,β-unsaturated/α-hetero) is 1. The van der Waals surface area contributed by atoms with E-state index in [1.54, 1.807) is 38.5 Å². The second-order valence-electron chi connectivity index (χ2n) is 9.10. The Balaban J connectivity index is 1.85. The van der Waals surface area contributed by atoms with Crippen molar-refractivity contribution in [2.75, 3.05) is 5.32 Å². The maximum Gasteiger partial charge on any atom is 0.294 e. The fraction of sp³-hybridized carbons (Fsp3) is 0.458.